The number of hydrogen-bond acceptors (Lipinski definition) is 3. The zero-order valence-electron chi connectivity index (χ0n) is 10.1. The number of hydrogen-bond donors (Lipinski definition) is 1. The molecule has 1 aliphatic heterocycles. The van der Waals surface area contributed by atoms with E-state index in [1.807, 2.05) is 0 Å². The first kappa shape index (κ1) is 12.4. The molecular weight excluding hydrogens is 222 g/mol. The summed E-state index contributed by atoms with van der Waals surface area (Å²) in [5, 5.41) is 3.40. The Morgan fingerprint density at radius 1 is 1.31 bits per heavy atom. The van der Waals surface area contributed by atoms with E-state index < -0.39 is 9.84 Å². The van der Waals surface area contributed by atoms with Crippen molar-refractivity contribution in [3.63, 3.8) is 0 Å². The van der Waals surface area contributed by atoms with Crippen molar-refractivity contribution in [1.82, 2.24) is 5.32 Å². The highest BCUT2D eigenvalue weighted by atomic mass is 32.2. The average molecular weight is 245 g/mol. The summed E-state index contributed by atoms with van der Waals surface area (Å²) >= 11 is 0. The van der Waals surface area contributed by atoms with Gasteiger partial charge in [0.2, 0.25) is 0 Å². The fourth-order valence-electron chi connectivity index (χ4n) is 2.68. The van der Waals surface area contributed by atoms with Crippen LogP contribution in [0.15, 0.2) is 0 Å². The van der Waals surface area contributed by atoms with Crippen molar-refractivity contribution in [3.8, 4) is 0 Å². The van der Waals surface area contributed by atoms with Crippen LogP contribution in [-0.4, -0.2) is 32.0 Å². The van der Waals surface area contributed by atoms with Crippen molar-refractivity contribution in [2.24, 2.45) is 5.92 Å². The minimum Gasteiger partial charge on any atom is -0.312 e. The first-order chi connectivity index (χ1) is 7.63. The van der Waals surface area contributed by atoms with Gasteiger partial charge in [-0.25, -0.2) is 8.42 Å². The van der Waals surface area contributed by atoms with Crippen LogP contribution >= 0.6 is 0 Å². The maximum Gasteiger partial charge on any atom is 0.154 e. The third-order valence-electron chi connectivity index (χ3n) is 3.86. The molecule has 2 fully saturated rings. The van der Waals surface area contributed by atoms with Crippen molar-refractivity contribution >= 4 is 9.84 Å². The Kier molecular flexibility index (Phi) is 3.90. The van der Waals surface area contributed by atoms with Gasteiger partial charge in [-0.1, -0.05) is 13.3 Å². The molecule has 1 N–H and O–H groups in total. The Bertz CT molecular complexity index is 322. The zero-order chi connectivity index (χ0) is 11.6. The maximum absolute atomic E-state index is 11.7. The Balaban J connectivity index is 1.81. The van der Waals surface area contributed by atoms with Crippen LogP contribution in [0, 0.1) is 5.92 Å². The van der Waals surface area contributed by atoms with Crippen molar-refractivity contribution in [3.05, 3.63) is 0 Å². The largest absolute Gasteiger partial charge is 0.312 e. The molecule has 1 saturated heterocycles. The lowest BCUT2D eigenvalue weighted by Gasteiger charge is -2.19. The summed E-state index contributed by atoms with van der Waals surface area (Å²) in [6.45, 7) is 2.88. The molecule has 0 aromatic rings. The minimum absolute atomic E-state index is 0.106. The van der Waals surface area contributed by atoms with Crippen molar-refractivity contribution in [2.75, 3.05) is 12.3 Å². The molecule has 16 heavy (non-hydrogen) atoms. The molecule has 4 heteroatoms. The van der Waals surface area contributed by atoms with E-state index in [1.54, 1.807) is 0 Å². The summed E-state index contributed by atoms with van der Waals surface area (Å²) < 4.78 is 23.4. The smallest absolute Gasteiger partial charge is 0.154 e. The summed E-state index contributed by atoms with van der Waals surface area (Å²) in [4.78, 5) is 0. The molecule has 0 amide bonds. The lowest BCUT2D eigenvalue weighted by atomic mass is 10.1. The van der Waals surface area contributed by atoms with Gasteiger partial charge in [0.1, 0.15) is 0 Å². The van der Waals surface area contributed by atoms with E-state index in [2.05, 4.69) is 12.2 Å². The molecule has 0 aromatic carbocycles. The molecular formula is C12H23NO2S. The standard InChI is InChI=1S/C12H23NO2S/c1-2-4-12(10-6-7-10)13-9-11-5-3-8-16(11,14)15/h10-13H,2-9H2,1H3. The second-order valence-electron chi connectivity index (χ2n) is 5.27. The second-order valence-corrected chi connectivity index (χ2v) is 7.67. The van der Waals surface area contributed by atoms with E-state index in [-0.39, 0.29) is 5.25 Å². The van der Waals surface area contributed by atoms with Crippen LogP contribution in [-0.2, 0) is 9.84 Å². The highest BCUT2D eigenvalue weighted by Gasteiger charge is 2.34. The molecule has 0 spiro atoms. The number of rotatable bonds is 6. The maximum atomic E-state index is 11.7. The highest BCUT2D eigenvalue weighted by Crippen LogP contribution is 2.34. The van der Waals surface area contributed by atoms with E-state index in [1.165, 1.54) is 25.7 Å². The zero-order valence-corrected chi connectivity index (χ0v) is 10.9. The lowest BCUT2D eigenvalue weighted by Crippen LogP contribution is -2.38. The quantitative estimate of drug-likeness (QED) is 0.775. The highest BCUT2D eigenvalue weighted by molar-refractivity contribution is 7.92. The van der Waals surface area contributed by atoms with Gasteiger partial charge < -0.3 is 5.32 Å². The monoisotopic (exact) mass is 245 g/mol. The van der Waals surface area contributed by atoms with Crippen LogP contribution in [0.3, 0.4) is 0 Å². The first-order valence-electron chi connectivity index (χ1n) is 6.58. The van der Waals surface area contributed by atoms with Crippen LogP contribution in [0.1, 0.15) is 45.4 Å². The normalized spacial score (nSPS) is 30.4. The molecule has 2 atom stereocenters. The van der Waals surface area contributed by atoms with Gasteiger partial charge in [-0.05, 0) is 38.0 Å². The molecule has 0 radical (unpaired) electrons. The molecule has 94 valence electrons. The van der Waals surface area contributed by atoms with Gasteiger partial charge in [-0.3, -0.25) is 0 Å². The molecule has 1 aliphatic carbocycles. The summed E-state index contributed by atoms with van der Waals surface area (Å²) in [5.41, 5.74) is 0. The number of nitrogens with one attached hydrogen (secondary N) is 1. The van der Waals surface area contributed by atoms with Crippen molar-refractivity contribution in [1.29, 1.82) is 0 Å². The fraction of sp³-hybridized carbons (Fsp3) is 1.00. The first-order valence-corrected chi connectivity index (χ1v) is 8.30. The molecule has 0 bridgehead atoms. The Labute approximate surface area is 98.9 Å². The fourth-order valence-corrected chi connectivity index (χ4v) is 4.46. The Morgan fingerprint density at radius 2 is 2.06 bits per heavy atom. The van der Waals surface area contributed by atoms with Gasteiger partial charge in [-0.2, -0.15) is 0 Å². The predicted molar refractivity (Wildman–Crippen MR) is 66.2 cm³/mol. The van der Waals surface area contributed by atoms with Crippen LogP contribution in [0.25, 0.3) is 0 Å². The summed E-state index contributed by atoms with van der Waals surface area (Å²) in [5.74, 6) is 1.23. The molecule has 1 heterocycles. The number of sulfone groups is 1. The van der Waals surface area contributed by atoms with Gasteiger partial charge in [0.05, 0.1) is 11.0 Å². The van der Waals surface area contributed by atoms with E-state index in [9.17, 15) is 8.42 Å². The topological polar surface area (TPSA) is 46.2 Å². The van der Waals surface area contributed by atoms with E-state index >= 15 is 0 Å². The molecule has 2 aliphatic rings. The molecule has 3 nitrogen and oxygen atoms in total. The molecule has 1 saturated carbocycles. The lowest BCUT2D eigenvalue weighted by molar-refractivity contribution is 0.426. The predicted octanol–water partition coefficient (Wildman–Crippen LogP) is 1.73. The van der Waals surface area contributed by atoms with Gasteiger partial charge in [0.15, 0.2) is 9.84 Å². The van der Waals surface area contributed by atoms with Gasteiger partial charge in [-0.15, -0.1) is 0 Å². The van der Waals surface area contributed by atoms with Gasteiger partial charge in [0, 0.05) is 12.6 Å². The van der Waals surface area contributed by atoms with Gasteiger partial charge >= 0.3 is 0 Å². The van der Waals surface area contributed by atoms with Crippen molar-refractivity contribution < 1.29 is 8.42 Å². The third kappa shape index (κ3) is 2.98. The Morgan fingerprint density at radius 3 is 2.56 bits per heavy atom. The van der Waals surface area contributed by atoms with Crippen LogP contribution in [0.5, 0.6) is 0 Å². The molecule has 2 unspecified atom stereocenters. The van der Waals surface area contributed by atoms with Crippen LogP contribution in [0.2, 0.25) is 0 Å². The van der Waals surface area contributed by atoms with Crippen molar-refractivity contribution in [2.45, 2.75) is 56.7 Å². The molecule has 2 rings (SSSR count). The van der Waals surface area contributed by atoms with E-state index in [0.717, 1.165) is 18.8 Å². The van der Waals surface area contributed by atoms with E-state index in [0.29, 0.717) is 18.3 Å². The third-order valence-corrected chi connectivity index (χ3v) is 6.14. The van der Waals surface area contributed by atoms with Gasteiger partial charge in [0.25, 0.3) is 0 Å². The summed E-state index contributed by atoms with van der Waals surface area (Å²) in [7, 11) is -2.77. The minimum atomic E-state index is -2.77. The second kappa shape index (κ2) is 5.05. The van der Waals surface area contributed by atoms with E-state index in [4.69, 9.17) is 0 Å². The van der Waals surface area contributed by atoms with Crippen LogP contribution < -0.4 is 5.32 Å². The average Bonchev–Trinajstić information content (AvgIpc) is 2.99. The van der Waals surface area contributed by atoms with Crippen LogP contribution in [0.4, 0.5) is 0 Å². The summed E-state index contributed by atoms with van der Waals surface area (Å²) in [6, 6.07) is 0.570. The summed E-state index contributed by atoms with van der Waals surface area (Å²) in [6.07, 6.45) is 6.75. The Hall–Kier alpha value is -0.0900. The SMILES string of the molecule is CCCC(NCC1CCCS1(=O)=O)C1CC1. The molecule has 0 aromatic heterocycles.